The number of hydrogen-bond acceptors (Lipinski definition) is 3. The van der Waals surface area contributed by atoms with Gasteiger partial charge >= 0.3 is 0 Å². The molecule has 132 valence electrons. The molecule has 26 heavy (non-hydrogen) atoms. The van der Waals surface area contributed by atoms with Crippen LogP contribution in [0.3, 0.4) is 0 Å². The second-order valence-corrected chi connectivity index (χ2v) is 7.08. The third-order valence-electron chi connectivity index (χ3n) is 5.47. The maximum absolute atomic E-state index is 13.1. The molecule has 1 amide bonds. The minimum absolute atomic E-state index is 0.0429. The lowest BCUT2D eigenvalue weighted by molar-refractivity contribution is 0.0694. The molecule has 5 rings (SSSR count). The highest BCUT2D eigenvalue weighted by Gasteiger charge is 2.30. The van der Waals surface area contributed by atoms with Crippen molar-refractivity contribution in [3.8, 4) is 11.3 Å². The van der Waals surface area contributed by atoms with Gasteiger partial charge in [0.15, 0.2) is 0 Å². The number of amides is 1. The van der Waals surface area contributed by atoms with Crippen LogP contribution in [0.25, 0.3) is 11.3 Å². The van der Waals surface area contributed by atoms with Crippen molar-refractivity contribution in [2.24, 2.45) is 7.05 Å². The third kappa shape index (κ3) is 2.36. The van der Waals surface area contributed by atoms with E-state index in [1.165, 1.54) is 23.4 Å². The van der Waals surface area contributed by atoms with Crippen molar-refractivity contribution in [3.05, 3.63) is 59.0 Å². The number of carbonyl (C=O) groups excluding carboxylic acids is 1. The van der Waals surface area contributed by atoms with E-state index in [1.54, 1.807) is 4.68 Å². The summed E-state index contributed by atoms with van der Waals surface area (Å²) in [6, 6.07) is 11.9. The molecule has 0 fully saturated rings. The van der Waals surface area contributed by atoms with Crippen molar-refractivity contribution in [1.82, 2.24) is 24.5 Å². The first-order valence-electron chi connectivity index (χ1n) is 9.17. The number of aryl methyl sites for hydroxylation is 2. The number of nitrogens with zero attached hydrogens (tertiary/aromatic N) is 5. The number of rotatable bonds is 2. The fourth-order valence-corrected chi connectivity index (χ4v) is 4.10. The summed E-state index contributed by atoms with van der Waals surface area (Å²) in [5.41, 5.74) is 6.32. The van der Waals surface area contributed by atoms with Crippen LogP contribution in [-0.2, 0) is 33.0 Å². The Hall–Kier alpha value is -2.89. The van der Waals surface area contributed by atoms with Gasteiger partial charge < -0.3 is 4.90 Å². The van der Waals surface area contributed by atoms with Gasteiger partial charge in [-0.05, 0) is 30.9 Å². The molecule has 0 unspecified atom stereocenters. The molecule has 1 aliphatic carbocycles. The van der Waals surface area contributed by atoms with E-state index in [1.807, 2.05) is 48.3 Å². The largest absolute Gasteiger partial charge is 0.330 e. The van der Waals surface area contributed by atoms with Crippen molar-refractivity contribution in [3.63, 3.8) is 0 Å². The SMILES string of the molecule is Cn1nc(-c2ccccc2)cc1C(=O)N1CCn2nc3c(c2C1)CCC3. The monoisotopic (exact) mass is 347 g/mol. The Morgan fingerprint density at radius 2 is 1.92 bits per heavy atom. The molecule has 3 aromatic rings. The smallest absolute Gasteiger partial charge is 0.272 e. The van der Waals surface area contributed by atoms with E-state index in [-0.39, 0.29) is 5.91 Å². The highest BCUT2D eigenvalue weighted by molar-refractivity contribution is 5.93. The van der Waals surface area contributed by atoms with Crippen molar-refractivity contribution >= 4 is 5.91 Å². The molecule has 0 atom stereocenters. The van der Waals surface area contributed by atoms with Crippen LogP contribution in [0.15, 0.2) is 36.4 Å². The Balaban J connectivity index is 1.43. The van der Waals surface area contributed by atoms with Gasteiger partial charge in [-0.2, -0.15) is 10.2 Å². The molecule has 6 heteroatoms. The van der Waals surface area contributed by atoms with Crippen LogP contribution in [0, 0.1) is 0 Å². The summed E-state index contributed by atoms with van der Waals surface area (Å²) in [6.45, 7) is 2.11. The van der Waals surface area contributed by atoms with E-state index in [0.29, 0.717) is 18.8 Å². The highest BCUT2D eigenvalue weighted by atomic mass is 16.2. The average molecular weight is 347 g/mol. The van der Waals surface area contributed by atoms with E-state index < -0.39 is 0 Å². The third-order valence-corrected chi connectivity index (χ3v) is 5.47. The summed E-state index contributed by atoms with van der Waals surface area (Å²) in [6.07, 6.45) is 3.35. The standard InChI is InChI=1S/C20H21N5O/c1-23-18(12-17(21-23)14-6-3-2-4-7-14)20(26)24-10-11-25-19(13-24)15-8-5-9-16(15)22-25/h2-4,6-7,12H,5,8-11,13H2,1H3. The number of hydrogen-bond donors (Lipinski definition) is 0. The molecule has 0 radical (unpaired) electrons. The van der Waals surface area contributed by atoms with E-state index >= 15 is 0 Å². The molecule has 0 bridgehead atoms. The zero-order valence-corrected chi connectivity index (χ0v) is 14.9. The molecule has 0 spiro atoms. The van der Waals surface area contributed by atoms with Gasteiger partial charge in [0.25, 0.3) is 5.91 Å². The normalized spacial score (nSPS) is 15.8. The lowest BCUT2D eigenvalue weighted by atomic mass is 10.1. The summed E-state index contributed by atoms with van der Waals surface area (Å²) < 4.78 is 3.80. The molecule has 0 saturated heterocycles. The summed E-state index contributed by atoms with van der Waals surface area (Å²) in [7, 11) is 1.84. The maximum Gasteiger partial charge on any atom is 0.272 e. The van der Waals surface area contributed by atoms with Crippen molar-refractivity contribution < 1.29 is 4.79 Å². The van der Waals surface area contributed by atoms with E-state index in [4.69, 9.17) is 5.10 Å². The topological polar surface area (TPSA) is 56.0 Å². The summed E-state index contributed by atoms with van der Waals surface area (Å²) in [5, 5.41) is 9.26. The van der Waals surface area contributed by atoms with Crippen LogP contribution in [0.5, 0.6) is 0 Å². The lowest BCUT2D eigenvalue weighted by Crippen LogP contribution is -2.39. The van der Waals surface area contributed by atoms with Crippen LogP contribution in [0.1, 0.15) is 33.9 Å². The van der Waals surface area contributed by atoms with Gasteiger partial charge in [-0.25, -0.2) is 0 Å². The first kappa shape index (κ1) is 15.4. The Labute approximate surface area is 152 Å². The second kappa shape index (κ2) is 5.83. The van der Waals surface area contributed by atoms with Gasteiger partial charge in [-0.1, -0.05) is 30.3 Å². The predicted molar refractivity (Wildman–Crippen MR) is 97.6 cm³/mol. The molecule has 0 N–H and O–H groups in total. The minimum atomic E-state index is 0.0429. The zero-order chi connectivity index (χ0) is 17.7. The Morgan fingerprint density at radius 3 is 2.77 bits per heavy atom. The lowest BCUT2D eigenvalue weighted by Gasteiger charge is -2.28. The van der Waals surface area contributed by atoms with E-state index in [2.05, 4.69) is 9.78 Å². The molecular formula is C20H21N5O. The summed E-state index contributed by atoms with van der Waals surface area (Å²) in [4.78, 5) is 15.1. The van der Waals surface area contributed by atoms with Crippen LogP contribution in [-0.4, -0.2) is 36.9 Å². The number of carbonyl (C=O) groups is 1. The first-order chi connectivity index (χ1) is 12.7. The van der Waals surface area contributed by atoms with Gasteiger partial charge in [0.05, 0.1) is 30.2 Å². The molecule has 2 aromatic heterocycles. The molecule has 2 aliphatic rings. The second-order valence-electron chi connectivity index (χ2n) is 7.08. The van der Waals surface area contributed by atoms with Crippen molar-refractivity contribution in [2.45, 2.75) is 32.4 Å². The molecule has 1 aromatic carbocycles. The number of fused-ring (bicyclic) bond motifs is 3. The van der Waals surface area contributed by atoms with Crippen LogP contribution in [0.2, 0.25) is 0 Å². The maximum atomic E-state index is 13.1. The fourth-order valence-electron chi connectivity index (χ4n) is 4.10. The Morgan fingerprint density at radius 1 is 1.08 bits per heavy atom. The predicted octanol–water partition coefficient (Wildman–Crippen LogP) is 2.43. The van der Waals surface area contributed by atoms with Gasteiger partial charge in [-0.3, -0.25) is 14.2 Å². The average Bonchev–Trinajstić information content (AvgIpc) is 3.36. The number of benzene rings is 1. The van der Waals surface area contributed by atoms with Crippen molar-refractivity contribution in [1.29, 1.82) is 0 Å². The molecule has 6 nitrogen and oxygen atoms in total. The Kier molecular flexibility index (Phi) is 3.45. The molecular weight excluding hydrogens is 326 g/mol. The first-order valence-corrected chi connectivity index (χ1v) is 9.17. The van der Waals surface area contributed by atoms with Crippen LogP contribution < -0.4 is 0 Å². The zero-order valence-electron chi connectivity index (χ0n) is 14.9. The fraction of sp³-hybridized carbons (Fsp3) is 0.350. The van der Waals surface area contributed by atoms with Crippen molar-refractivity contribution in [2.75, 3.05) is 6.54 Å². The van der Waals surface area contributed by atoms with Gasteiger partial charge in [-0.15, -0.1) is 0 Å². The molecule has 3 heterocycles. The summed E-state index contributed by atoms with van der Waals surface area (Å²) >= 11 is 0. The van der Waals surface area contributed by atoms with Gasteiger partial charge in [0.1, 0.15) is 5.69 Å². The number of aromatic nitrogens is 4. The molecule has 1 aliphatic heterocycles. The van der Waals surface area contributed by atoms with Gasteiger partial charge in [0.2, 0.25) is 0 Å². The minimum Gasteiger partial charge on any atom is -0.330 e. The Bertz CT molecular complexity index is 985. The van der Waals surface area contributed by atoms with E-state index in [9.17, 15) is 4.79 Å². The van der Waals surface area contributed by atoms with Crippen LogP contribution >= 0.6 is 0 Å². The summed E-state index contributed by atoms with van der Waals surface area (Å²) in [5.74, 6) is 0.0429. The quantitative estimate of drug-likeness (QED) is 0.715. The highest BCUT2D eigenvalue weighted by Crippen LogP contribution is 2.28. The van der Waals surface area contributed by atoms with Crippen LogP contribution in [0.4, 0.5) is 0 Å². The van der Waals surface area contributed by atoms with E-state index in [0.717, 1.165) is 30.6 Å². The van der Waals surface area contributed by atoms with Gasteiger partial charge in [0, 0.05) is 19.2 Å². The molecule has 0 saturated carbocycles.